The van der Waals surface area contributed by atoms with Crippen molar-refractivity contribution in [2.24, 2.45) is 5.73 Å². The summed E-state index contributed by atoms with van der Waals surface area (Å²) < 4.78 is 0. The third-order valence-electron chi connectivity index (χ3n) is 2.28. The summed E-state index contributed by atoms with van der Waals surface area (Å²) in [5.74, 6) is -0.812. The predicted molar refractivity (Wildman–Crippen MR) is 77.5 cm³/mol. The lowest BCUT2D eigenvalue weighted by molar-refractivity contribution is -0.136. The summed E-state index contributed by atoms with van der Waals surface area (Å²) in [6, 6.07) is 6.70. The molecular formula is C13H16N2O4S. The first kappa shape index (κ1) is 16.0. The Morgan fingerprint density at radius 2 is 2.05 bits per heavy atom. The van der Waals surface area contributed by atoms with Gasteiger partial charge >= 0.3 is 5.97 Å². The third kappa shape index (κ3) is 6.79. The van der Waals surface area contributed by atoms with E-state index in [1.54, 1.807) is 24.3 Å². The summed E-state index contributed by atoms with van der Waals surface area (Å²) in [7, 11) is 0. The van der Waals surface area contributed by atoms with Gasteiger partial charge in [-0.25, -0.2) is 0 Å². The van der Waals surface area contributed by atoms with Gasteiger partial charge in [-0.2, -0.15) is 11.8 Å². The van der Waals surface area contributed by atoms with Crippen LogP contribution in [-0.4, -0.2) is 34.4 Å². The third-order valence-corrected chi connectivity index (χ3v) is 3.27. The van der Waals surface area contributed by atoms with E-state index in [9.17, 15) is 14.4 Å². The number of carboxylic acid groups (broad SMARTS) is 1. The minimum atomic E-state index is -0.920. The maximum atomic E-state index is 11.6. The molecule has 1 rings (SSSR count). The molecule has 0 unspecified atom stereocenters. The number of aliphatic carboxylic acids is 1. The molecule has 1 aromatic carbocycles. The average molecular weight is 296 g/mol. The van der Waals surface area contributed by atoms with Gasteiger partial charge in [0.05, 0.1) is 12.2 Å². The largest absolute Gasteiger partial charge is 0.481 e. The van der Waals surface area contributed by atoms with Gasteiger partial charge in [0.1, 0.15) is 0 Å². The van der Waals surface area contributed by atoms with Crippen molar-refractivity contribution in [2.45, 2.75) is 12.8 Å². The van der Waals surface area contributed by atoms with Crippen LogP contribution in [0.2, 0.25) is 0 Å². The lowest BCUT2D eigenvalue weighted by Crippen LogP contribution is -2.15. The van der Waals surface area contributed by atoms with Gasteiger partial charge in [-0.05, 0) is 17.7 Å². The maximum absolute atomic E-state index is 11.6. The number of anilines is 1. The molecule has 0 bridgehead atoms. The summed E-state index contributed by atoms with van der Waals surface area (Å²) in [6.07, 6.45) is 0.180. The van der Waals surface area contributed by atoms with Gasteiger partial charge in [-0.3, -0.25) is 14.4 Å². The van der Waals surface area contributed by atoms with Crippen molar-refractivity contribution in [1.29, 1.82) is 0 Å². The SMILES string of the molecule is NC(=O)CSCCC(=O)Nc1cccc(CC(=O)O)c1. The fourth-order valence-electron chi connectivity index (χ4n) is 1.49. The monoisotopic (exact) mass is 296 g/mol. The Morgan fingerprint density at radius 3 is 2.70 bits per heavy atom. The molecule has 0 radical (unpaired) electrons. The Hall–Kier alpha value is -2.02. The second kappa shape index (κ2) is 8.21. The molecule has 0 saturated carbocycles. The predicted octanol–water partition coefficient (Wildman–Crippen LogP) is 0.861. The van der Waals surface area contributed by atoms with Crippen molar-refractivity contribution in [3.05, 3.63) is 29.8 Å². The van der Waals surface area contributed by atoms with Crippen LogP contribution in [0.3, 0.4) is 0 Å². The molecule has 1 aromatic rings. The first-order valence-corrected chi connectivity index (χ1v) is 7.09. The molecule has 0 aliphatic carbocycles. The lowest BCUT2D eigenvalue weighted by Gasteiger charge is -2.06. The molecule has 20 heavy (non-hydrogen) atoms. The zero-order chi connectivity index (χ0) is 15.0. The van der Waals surface area contributed by atoms with Gasteiger partial charge in [0.15, 0.2) is 0 Å². The number of thioether (sulfide) groups is 1. The van der Waals surface area contributed by atoms with Crippen molar-refractivity contribution in [1.82, 2.24) is 0 Å². The molecular weight excluding hydrogens is 280 g/mol. The molecule has 0 heterocycles. The van der Waals surface area contributed by atoms with Crippen LogP contribution in [-0.2, 0) is 20.8 Å². The molecule has 2 amide bonds. The summed E-state index contributed by atoms with van der Waals surface area (Å²) in [4.78, 5) is 32.8. The molecule has 108 valence electrons. The average Bonchev–Trinajstić information content (AvgIpc) is 2.34. The number of carbonyl (C=O) groups is 3. The van der Waals surface area contributed by atoms with Crippen LogP contribution >= 0.6 is 11.8 Å². The van der Waals surface area contributed by atoms with Crippen LogP contribution in [0.15, 0.2) is 24.3 Å². The van der Waals surface area contributed by atoms with E-state index in [0.717, 1.165) is 0 Å². The van der Waals surface area contributed by atoms with Crippen LogP contribution in [0.5, 0.6) is 0 Å². The summed E-state index contributed by atoms with van der Waals surface area (Å²) >= 11 is 1.30. The van der Waals surface area contributed by atoms with Crippen molar-refractivity contribution >= 4 is 35.2 Å². The Morgan fingerprint density at radius 1 is 1.30 bits per heavy atom. The number of rotatable bonds is 8. The van der Waals surface area contributed by atoms with Gasteiger partial charge in [-0.1, -0.05) is 12.1 Å². The van der Waals surface area contributed by atoms with Crippen LogP contribution in [0.1, 0.15) is 12.0 Å². The van der Waals surface area contributed by atoms with Crippen LogP contribution < -0.4 is 11.1 Å². The Balaban J connectivity index is 2.41. The van der Waals surface area contributed by atoms with Gasteiger partial charge in [-0.15, -0.1) is 0 Å². The number of primary amides is 1. The van der Waals surface area contributed by atoms with Crippen LogP contribution in [0.25, 0.3) is 0 Å². The van der Waals surface area contributed by atoms with Crippen molar-refractivity contribution in [3.8, 4) is 0 Å². The highest BCUT2D eigenvalue weighted by Gasteiger charge is 2.05. The summed E-state index contributed by atoms with van der Waals surface area (Å²) in [5, 5.41) is 11.4. The minimum Gasteiger partial charge on any atom is -0.481 e. The molecule has 4 N–H and O–H groups in total. The fraction of sp³-hybridized carbons (Fsp3) is 0.308. The Kier molecular flexibility index (Phi) is 6.58. The number of nitrogens with one attached hydrogen (secondary N) is 1. The molecule has 0 spiro atoms. The number of hydrogen-bond donors (Lipinski definition) is 3. The minimum absolute atomic E-state index is 0.0851. The van der Waals surface area contributed by atoms with Gasteiger partial charge in [0.25, 0.3) is 0 Å². The topological polar surface area (TPSA) is 109 Å². The lowest BCUT2D eigenvalue weighted by atomic mass is 10.1. The number of nitrogens with two attached hydrogens (primary N) is 1. The molecule has 0 aliphatic rings. The standard InChI is InChI=1S/C13H16N2O4S/c14-11(16)8-20-5-4-12(17)15-10-3-1-2-9(6-10)7-13(18)19/h1-3,6H,4-5,7-8H2,(H2,14,16)(H,15,17)(H,18,19). The maximum Gasteiger partial charge on any atom is 0.307 e. The molecule has 0 aliphatic heterocycles. The second-order valence-corrected chi connectivity index (χ2v) is 5.19. The van der Waals surface area contributed by atoms with Gasteiger partial charge < -0.3 is 16.2 Å². The van der Waals surface area contributed by atoms with E-state index >= 15 is 0 Å². The highest BCUT2D eigenvalue weighted by Crippen LogP contribution is 2.12. The normalized spacial score (nSPS) is 10.0. The van der Waals surface area contributed by atoms with Crippen LogP contribution in [0, 0.1) is 0 Å². The van der Waals surface area contributed by atoms with E-state index in [1.807, 2.05) is 0 Å². The first-order chi connectivity index (χ1) is 9.47. The highest BCUT2D eigenvalue weighted by molar-refractivity contribution is 7.99. The van der Waals surface area contributed by atoms with Crippen molar-refractivity contribution < 1.29 is 19.5 Å². The van der Waals surface area contributed by atoms with Crippen molar-refractivity contribution in [3.63, 3.8) is 0 Å². The number of carboxylic acids is 1. The Bertz CT molecular complexity index is 505. The molecule has 6 nitrogen and oxygen atoms in total. The van der Waals surface area contributed by atoms with E-state index < -0.39 is 11.9 Å². The molecule has 0 saturated heterocycles. The molecule has 0 fully saturated rings. The van der Waals surface area contributed by atoms with E-state index in [2.05, 4.69) is 5.32 Å². The van der Waals surface area contributed by atoms with E-state index in [-0.39, 0.29) is 24.5 Å². The molecule has 0 atom stereocenters. The zero-order valence-electron chi connectivity index (χ0n) is 10.8. The first-order valence-electron chi connectivity index (χ1n) is 5.94. The smallest absolute Gasteiger partial charge is 0.307 e. The Labute approximate surface area is 120 Å². The summed E-state index contributed by atoms with van der Waals surface area (Å²) in [5.41, 5.74) is 6.17. The quantitative estimate of drug-likeness (QED) is 0.616. The van der Waals surface area contributed by atoms with E-state index in [0.29, 0.717) is 17.0 Å². The van der Waals surface area contributed by atoms with Crippen LogP contribution in [0.4, 0.5) is 5.69 Å². The number of hydrogen-bond acceptors (Lipinski definition) is 4. The van der Waals surface area contributed by atoms with Gasteiger partial charge in [0.2, 0.25) is 11.8 Å². The number of carbonyl (C=O) groups excluding carboxylic acids is 2. The van der Waals surface area contributed by atoms with E-state index in [4.69, 9.17) is 10.8 Å². The fourth-order valence-corrected chi connectivity index (χ4v) is 2.17. The van der Waals surface area contributed by atoms with E-state index in [1.165, 1.54) is 11.8 Å². The summed E-state index contributed by atoms with van der Waals surface area (Å²) in [6.45, 7) is 0. The highest BCUT2D eigenvalue weighted by atomic mass is 32.2. The second-order valence-electron chi connectivity index (χ2n) is 4.09. The zero-order valence-corrected chi connectivity index (χ0v) is 11.6. The number of benzene rings is 1. The molecule has 7 heteroatoms. The van der Waals surface area contributed by atoms with Crippen molar-refractivity contribution in [2.75, 3.05) is 16.8 Å². The number of amides is 2. The molecule has 0 aromatic heterocycles. The van der Waals surface area contributed by atoms with Gasteiger partial charge in [0, 0.05) is 17.9 Å².